The quantitative estimate of drug-likeness (QED) is 0.680. The van der Waals surface area contributed by atoms with Gasteiger partial charge in [0.1, 0.15) is 12.8 Å². The van der Waals surface area contributed by atoms with Gasteiger partial charge in [0.25, 0.3) is 5.91 Å². The number of hydrogen-bond donors (Lipinski definition) is 1. The van der Waals surface area contributed by atoms with Crippen molar-refractivity contribution in [3.63, 3.8) is 0 Å². The Morgan fingerprint density at radius 1 is 1.26 bits per heavy atom. The first-order valence-electron chi connectivity index (χ1n) is 7.11. The Morgan fingerprint density at radius 2 is 2.00 bits per heavy atom. The molecular formula is C18H17N3O2. The van der Waals surface area contributed by atoms with E-state index in [1.807, 2.05) is 38.1 Å². The van der Waals surface area contributed by atoms with Gasteiger partial charge in [0.2, 0.25) is 0 Å². The molecule has 2 rings (SSSR count). The maximum absolute atomic E-state index is 11.8. The second kappa shape index (κ2) is 7.76. The van der Waals surface area contributed by atoms with Crippen LogP contribution < -0.4 is 5.32 Å². The summed E-state index contributed by atoms with van der Waals surface area (Å²) in [5.74, 6) is -0.349. The number of nitriles is 1. The molecule has 0 bridgehead atoms. The fraction of sp³-hybridized carbons (Fsp3) is 0.167. The van der Waals surface area contributed by atoms with Crippen molar-refractivity contribution in [2.45, 2.75) is 20.5 Å². The highest BCUT2D eigenvalue weighted by Gasteiger charge is 2.03. The summed E-state index contributed by atoms with van der Waals surface area (Å²) in [5.41, 5.74) is 4.35. The number of oxime groups is 1. The van der Waals surface area contributed by atoms with Gasteiger partial charge in [0.05, 0.1) is 11.6 Å². The summed E-state index contributed by atoms with van der Waals surface area (Å²) in [5, 5.41) is 15.1. The average Bonchev–Trinajstić information content (AvgIpc) is 2.56. The molecule has 0 fully saturated rings. The van der Waals surface area contributed by atoms with Gasteiger partial charge in [-0.3, -0.25) is 4.79 Å². The standard InChI is InChI=1S/C18H17N3O2/c1-13-4-3-5-17(14(13)2)21-18(22)11-20-23-12-16-8-6-15(10-19)7-9-16/h3-9,11H,12H2,1-2H3,(H,21,22)/b20-11+. The highest BCUT2D eigenvalue weighted by atomic mass is 16.6. The van der Waals surface area contributed by atoms with Crippen LogP contribution in [0.15, 0.2) is 47.6 Å². The minimum absolute atomic E-state index is 0.235. The molecule has 0 atom stereocenters. The molecule has 0 aliphatic carbocycles. The van der Waals surface area contributed by atoms with E-state index in [1.165, 1.54) is 0 Å². The molecule has 5 heteroatoms. The molecule has 0 aliphatic rings. The van der Waals surface area contributed by atoms with Gasteiger partial charge >= 0.3 is 0 Å². The molecule has 0 radical (unpaired) electrons. The van der Waals surface area contributed by atoms with Crippen molar-refractivity contribution in [1.29, 1.82) is 5.26 Å². The summed E-state index contributed by atoms with van der Waals surface area (Å²) < 4.78 is 0. The molecule has 2 aromatic carbocycles. The SMILES string of the molecule is Cc1cccc(NC(=O)/C=N/OCc2ccc(C#N)cc2)c1C. The van der Waals surface area contributed by atoms with E-state index in [2.05, 4.69) is 10.5 Å². The number of nitrogens with zero attached hydrogens (tertiary/aromatic N) is 2. The average molecular weight is 307 g/mol. The van der Waals surface area contributed by atoms with Crippen LogP contribution in [0, 0.1) is 25.2 Å². The minimum atomic E-state index is -0.349. The lowest BCUT2D eigenvalue weighted by atomic mass is 10.1. The van der Waals surface area contributed by atoms with Crippen molar-refractivity contribution in [1.82, 2.24) is 0 Å². The van der Waals surface area contributed by atoms with Crippen LogP contribution in [0.2, 0.25) is 0 Å². The number of amides is 1. The summed E-state index contributed by atoms with van der Waals surface area (Å²) in [6.45, 7) is 4.17. The topological polar surface area (TPSA) is 74.5 Å². The fourth-order valence-corrected chi connectivity index (χ4v) is 1.92. The van der Waals surface area contributed by atoms with E-state index in [1.54, 1.807) is 24.3 Å². The zero-order chi connectivity index (χ0) is 16.7. The molecule has 0 aromatic heterocycles. The van der Waals surface area contributed by atoms with Gasteiger partial charge in [-0.2, -0.15) is 5.26 Å². The summed E-state index contributed by atoms with van der Waals surface area (Å²) in [6.07, 6.45) is 1.10. The predicted molar refractivity (Wildman–Crippen MR) is 89.0 cm³/mol. The number of carbonyl (C=O) groups is 1. The van der Waals surface area contributed by atoms with Crippen molar-refractivity contribution in [2.24, 2.45) is 5.16 Å². The maximum atomic E-state index is 11.8. The van der Waals surface area contributed by atoms with Crippen molar-refractivity contribution >= 4 is 17.8 Å². The Kier molecular flexibility index (Phi) is 5.48. The van der Waals surface area contributed by atoms with Crippen molar-refractivity contribution in [3.05, 3.63) is 64.7 Å². The largest absolute Gasteiger partial charge is 0.391 e. The molecule has 0 spiro atoms. The molecule has 116 valence electrons. The summed E-state index contributed by atoms with van der Waals surface area (Å²) in [6, 6.07) is 14.7. The second-order valence-corrected chi connectivity index (χ2v) is 5.05. The number of nitrogens with one attached hydrogen (secondary N) is 1. The molecule has 0 unspecified atom stereocenters. The van der Waals surface area contributed by atoms with Gasteiger partial charge in [-0.1, -0.05) is 29.4 Å². The molecule has 1 amide bonds. The predicted octanol–water partition coefficient (Wildman–Crippen LogP) is 3.32. The van der Waals surface area contributed by atoms with Gasteiger partial charge in [-0.05, 0) is 48.7 Å². The van der Waals surface area contributed by atoms with Gasteiger partial charge in [0, 0.05) is 5.69 Å². The van der Waals surface area contributed by atoms with Crippen LogP contribution in [0.5, 0.6) is 0 Å². The summed E-state index contributed by atoms with van der Waals surface area (Å²) in [7, 11) is 0. The van der Waals surface area contributed by atoms with E-state index in [0.29, 0.717) is 5.56 Å². The number of hydrogen-bond acceptors (Lipinski definition) is 4. The van der Waals surface area contributed by atoms with Crippen molar-refractivity contribution in [3.8, 4) is 6.07 Å². The van der Waals surface area contributed by atoms with Crippen molar-refractivity contribution in [2.75, 3.05) is 5.32 Å². The number of carbonyl (C=O) groups excluding carboxylic acids is 1. The lowest BCUT2D eigenvalue weighted by Crippen LogP contribution is -2.14. The highest BCUT2D eigenvalue weighted by Crippen LogP contribution is 2.17. The Labute approximate surface area is 135 Å². The lowest BCUT2D eigenvalue weighted by Gasteiger charge is -2.08. The first kappa shape index (κ1) is 16.2. The molecule has 2 aromatic rings. The lowest BCUT2D eigenvalue weighted by molar-refractivity contribution is -0.110. The number of rotatable bonds is 5. The van der Waals surface area contributed by atoms with Crippen LogP contribution in [-0.2, 0) is 16.2 Å². The van der Waals surface area contributed by atoms with E-state index in [9.17, 15) is 4.79 Å². The number of benzene rings is 2. The van der Waals surface area contributed by atoms with Crippen molar-refractivity contribution < 1.29 is 9.63 Å². The third-order valence-electron chi connectivity index (χ3n) is 3.42. The minimum Gasteiger partial charge on any atom is -0.391 e. The Morgan fingerprint density at radius 3 is 2.70 bits per heavy atom. The Bertz CT molecular complexity index is 759. The Balaban J connectivity index is 1.84. The second-order valence-electron chi connectivity index (χ2n) is 5.05. The van der Waals surface area contributed by atoms with Crippen LogP contribution >= 0.6 is 0 Å². The number of anilines is 1. The monoisotopic (exact) mass is 307 g/mol. The molecule has 5 nitrogen and oxygen atoms in total. The van der Waals surface area contributed by atoms with Crippen LogP contribution in [0.1, 0.15) is 22.3 Å². The molecular weight excluding hydrogens is 290 g/mol. The van der Waals surface area contributed by atoms with E-state index in [-0.39, 0.29) is 12.5 Å². The molecule has 0 saturated carbocycles. The third-order valence-corrected chi connectivity index (χ3v) is 3.42. The first-order valence-corrected chi connectivity index (χ1v) is 7.11. The van der Waals surface area contributed by atoms with Crippen LogP contribution in [0.3, 0.4) is 0 Å². The smallest absolute Gasteiger partial charge is 0.270 e. The third kappa shape index (κ3) is 4.68. The van der Waals surface area contributed by atoms with Crippen LogP contribution in [-0.4, -0.2) is 12.1 Å². The van der Waals surface area contributed by atoms with Crippen LogP contribution in [0.4, 0.5) is 5.69 Å². The highest BCUT2D eigenvalue weighted by molar-refractivity contribution is 6.31. The van der Waals surface area contributed by atoms with Gasteiger partial charge < -0.3 is 10.2 Å². The normalized spacial score (nSPS) is 10.3. The maximum Gasteiger partial charge on any atom is 0.270 e. The molecule has 1 N–H and O–H groups in total. The van der Waals surface area contributed by atoms with E-state index >= 15 is 0 Å². The zero-order valence-electron chi connectivity index (χ0n) is 13.0. The first-order chi connectivity index (χ1) is 11.1. The van der Waals surface area contributed by atoms with Gasteiger partial charge in [0.15, 0.2) is 0 Å². The zero-order valence-corrected chi connectivity index (χ0v) is 13.0. The number of aryl methyl sites for hydroxylation is 1. The fourth-order valence-electron chi connectivity index (χ4n) is 1.92. The van der Waals surface area contributed by atoms with E-state index < -0.39 is 0 Å². The molecule has 0 heterocycles. The van der Waals surface area contributed by atoms with Crippen LogP contribution in [0.25, 0.3) is 0 Å². The Hall–Kier alpha value is -3.13. The van der Waals surface area contributed by atoms with Gasteiger partial charge in [-0.25, -0.2) is 0 Å². The van der Waals surface area contributed by atoms with E-state index in [0.717, 1.165) is 28.6 Å². The van der Waals surface area contributed by atoms with E-state index in [4.69, 9.17) is 10.1 Å². The molecule has 0 saturated heterocycles. The summed E-state index contributed by atoms with van der Waals surface area (Å²) >= 11 is 0. The molecule has 23 heavy (non-hydrogen) atoms. The summed E-state index contributed by atoms with van der Waals surface area (Å²) in [4.78, 5) is 16.9. The molecule has 0 aliphatic heterocycles. The van der Waals surface area contributed by atoms with Gasteiger partial charge in [-0.15, -0.1) is 0 Å².